The fraction of sp³-hybridized carbons (Fsp3) is 0.174. The van der Waals surface area contributed by atoms with E-state index in [0.717, 1.165) is 11.3 Å². The van der Waals surface area contributed by atoms with Crippen molar-refractivity contribution in [3.63, 3.8) is 0 Å². The molecule has 0 bridgehead atoms. The fourth-order valence-corrected chi connectivity index (χ4v) is 3.49. The predicted molar refractivity (Wildman–Crippen MR) is 106 cm³/mol. The van der Waals surface area contributed by atoms with E-state index in [0.29, 0.717) is 16.5 Å². The summed E-state index contributed by atoms with van der Waals surface area (Å²) in [7, 11) is 0. The molecule has 0 aliphatic heterocycles. The topological polar surface area (TPSA) is 38.1 Å². The van der Waals surface area contributed by atoms with Crippen LogP contribution in [0.5, 0.6) is 0 Å². The average Bonchev–Trinajstić information content (AvgIpc) is 3.12. The number of aryl methyl sites for hydroxylation is 2. The summed E-state index contributed by atoms with van der Waals surface area (Å²) in [6.07, 6.45) is -3.39. The molecule has 1 unspecified atom stereocenters. The number of hydrogen-bond acceptors (Lipinski definition) is 2. The maximum absolute atomic E-state index is 14.1. The van der Waals surface area contributed by atoms with Crippen molar-refractivity contribution >= 4 is 10.9 Å². The van der Waals surface area contributed by atoms with Crippen molar-refractivity contribution in [2.45, 2.75) is 25.6 Å². The highest BCUT2D eigenvalue weighted by atomic mass is 19.4. The summed E-state index contributed by atoms with van der Waals surface area (Å²) in [5, 5.41) is 15.8. The van der Waals surface area contributed by atoms with Crippen LogP contribution in [0, 0.1) is 13.8 Å². The van der Waals surface area contributed by atoms with Crippen molar-refractivity contribution in [1.82, 2.24) is 9.78 Å². The molecule has 4 rings (SSSR count). The second-order valence-electron chi connectivity index (χ2n) is 7.17. The van der Waals surface area contributed by atoms with Crippen LogP contribution >= 0.6 is 0 Å². The van der Waals surface area contributed by atoms with E-state index in [4.69, 9.17) is 0 Å². The van der Waals surface area contributed by atoms with Crippen molar-refractivity contribution in [2.24, 2.45) is 0 Å². The molecule has 0 saturated heterocycles. The number of aliphatic hydroxyl groups is 1. The van der Waals surface area contributed by atoms with Crippen molar-refractivity contribution in [1.29, 1.82) is 0 Å². The standard InChI is InChI=1S/C23H19F3N2O/c1-15-8-9-18(12-16(15)2)22(29,23(24,25)26)19-10-11-21-17(13-19)14-27-28(21)20-6-4-3-5-7-20/h3-14,29H,1-2H3. The Morgan fingerprint density at radius 2 is 1.48 bits per heavy atom. The summed E-state index contributed by atoms with van der Waals surface area (Å²) in [6.45, 7) is 3.54. The molecule has 3 aromatic carbocycles. The molecule has 0 radical (unpaired) electrons. The highest BCUT2D eigenvalue weighted by Crippen LogP contribution is 2.45. The number of fused-ring (bicyclic) bond motifs is 1. The highest BCUT2D eigenvalue weighted by Gasteiger charge is 2.56. The maximum Gasteiger partial charge on any atom is 0.425 e. The van der Waals surface area contributed by atoms with E-state index in [1.807, 2.05) is 37.3 Å². The normalized spacial score (nSPS) is 14.1. The SMILES string of the molecule is Cc1ccc(C(O)(c2ccc3c(cnn3-c3ccccc3)c2)C(F)(F)F)cc1C. The van der Waals surface area contributed by atoms with Crippen LogP contribution in [0.15, 0.2) is 72.9 Å². The number of aromatic nitrogens is 2. The van der Waals surface area contributed by atoms with E-state index >= 15 is 0 Å². The third kappa shape index (κ3) is 3.09. The van der Waals surface area contributed by atoms with Gasteiger partial charge in [-0.3, -0.25) is 0 Å². The molecule has 6 heteroatoms. The zero-order valence-corrected chi connectivity index (χ0v) is 15.9. The molecule has 1 N–H and O–H groups in total. The number of rotatable bonds is 3. The Morgan fingerprint density at radius 3 is 2.14 bits per heavy atom. The first-order chi connectivity index (χ1) is 13.7. The van der Waals surface area contributed by atoms with Gasteiger partial charge in [0.25, 0.3) is 0 Å². The minimum Gasteiger partial charge on any atom is -0.372 e. The van der Waals surface area contributed by atoms with Gasteiger partial charge in [0.1, 0.15) is 0 Å². The van der Waals surface area contributed by atoms with Gasteiger partial charge in [0.05, 0.1) is 17.4 Å². The van der Waals surface area contributed by atoms with E-state index < -0.39 is 11.8 Å². The van der Waals surface area contributed by atoms with Crippen molar-refractivity contribution in [2.75, 3.05) is 0 Å². The smallest absolute Gasteiger partial charge is 0.372 e. The van der Waals surface area contributed by atoms with Crippen molar-refractivity contribution < 1.29 is 18.3 Å². The zero-order valence-electron chi connectivity index (χ0n) is 15.9. The van der Waals surface area contributed by atoms with E-state index in [9.17, 15) is 18.3 Å². The molecular formula is C23H19F3N2O. The molecule has 0 spiro atoms. The van der Waals surface area contributed by atoms with E-state index in [1.165, 1.54) is 30.5 Å². The van der Waals surface area contributed by atoms with Crippen LogP contribution in [0.1, 0.15) is 22.3 Å². The highest BCUT2D eigenvalue weighted by molar-refractivity contribution is 5.81. The van der Waals surface area contributed by atoms with Gasteiger partial charge in [-0.2, -0.15) is 18.3 Å². The summed E-state index contributed by atoms with van der Waals surface area (Å²) >= 11 is 0. The molecular weight excluding hydrogens is 377 g/mol. The Balaban J connectivity index is 1.89. The number of alkyl halides is 3. The second kappa shape index (κ2) is 6.74. The molecule has 0 amide bonds. The largest absolute Gasteiger partial charge is 0.425 e. The predicted octanol–water partition coefficient (Wildman–Crippen LogP) is 5.44. The first-order valence-electron chi connectivity index (χ1n) is 9.12. The quantitative estimate of drug-likeness (QED) is 0.501. The Kier molecular flexibility index (Phi) is 4.46. The van der Waals surface area contributed by atoms with Gasteiger partial charge in [0.2, 0.25) is 5.60 Å². The van der Waals surface area contributed by atoms with Crippen LogP contribution in [0.2, 0.25) is 0 Å². The van der Waals surface area contributed by atoms with Gasteiger partial charge in [0.15, 0.2) is 0 Å². The fourth-order valence-electron chi connectivity index (χ4n) is 3.49. The Labute approximate surface area is 166 Å². The molecule has 0 saturated carbocycles. The molecule has 3 nitrogen and oxygen atoms in total. The number of hydrogen-bond donors (Lipinski definition) is 1. The first-order valence-corrected chi connectivity index (χ1v) is 9.12. The molecule has 1 atom stereocenters. The Morgan fingerprint density at radius 1 is 0.828 bits per heavy atom. The lowest BCUT2D eigenvalue weighted by atomic mass is 9.84. The molecule has 1 aromatic heterocycles. The molecule has 4 aromatic rings. The number of halogens is 3. The maximum atomic E-state index is 14.1. The summed E-state index contributed by atoms with van der Waals surface area (Å²) in [5.74, 6) is 0. The van der Waals surface area contributed by atoms with Crippen LogP contribution in [0.4, 0.5) is 13.2 Å². The second-order valence-corrected chi connectivity index (χ2v) is 7.17. The Bertz CT molecular complexity index is 1180. The average molecular weight is 396 g/mol. The van der Waals surface area contributed by atoms with Crippen LogP contribution in [0.25, 0.3) is 16.6 Å². The first kappa shape index (κ1) is 19.2. The lowest BCUT2D eigenvalue weighted by Gasteiger charge is -2.32. The molecule has 0 fully saturated rings. The van der Waals surface area contributed by atoms with Crippen LogP contribution in [-0.4, -0.2) is 21.1 Å². The minimum atomic E-state index is -4.89. The number of benzene rings is 3. The van der Waals surface area contributed by atoms with E-state index in [-0.39, 0.29) is 11.1 Å². The van der Waals surface area contributed by atoms with Gasteiger partial charge in [-0.25, -0.2) is 4.68 Å². The van der Waals surface area contributed by atoms with Crippen LogP contribution < -0.4 is 0 Å². The number of nitrogens with zero attached hydrogens (tertiary/aromatic N) is 2. The molecule has 29 heavy (non-hydrogen) atoms. The minimum absolute atomic E-state index is 0.206. The van der Waals surface area contributed by atoms with Gasteiger partial charge in [-0.15, -0.1) is 0 Å². The van der Waals surface area contributed by atoms with Gasteiger partial charge < -0.3 is 5.11 Å². The molecule has 0 aliphatic rings. The molecule has 1 heterocycles. The van der Waals surface area contributed by atoms with Gasteiger partial charge in [0, 0.05) is 5.39 Å². The van der Waals surface area contributed by atoms with Gasteiger partial charge in [-0.1, -0.05) is 42.5 Å². The van der Waals surface area contributed by atoms with Crippen molar-refractivity contribution in [3.8, 4) is 5.69 Å². The molecule has 0 aliphatic carbocycles. The summed E-state index contributed by atoms with van der Waals surface area (Å²) in [6, 6.07) is 17.8. The third-order valence-electron chi connectivity index (χ3n) is 5.32. The van der Waals surface area contributed by atoms with Gasteiger partial charge >= 0.3 is 6.18 Å². The lowest BCUT2D eigenvalue weighted by molar-refractivity contribution is -0.248. The summed E-state index contributed by atoms with van der Waals surface area (Å²) < 4.78 is 44.0. The summed E-state index contributed by atoms with van der Waals surface area (Å²) in [5.41, 5.74) is -0.563. The van der Waals surface area contributed by atoms with E-state index in [1.54, 1.807) is 23.7 Å². The summed E-state index contributed by atoms with van der Waals surface area (Å²) in [4.78, 5) is 0. The molecule has 148 valence electrons. The lowest BCUT2D eigenvalue weighted by Crippen LogP contribution is -2.43. The van der Waals surface area contributed by atoms with Crippen LogP contribution in [0.3, 0.4) is 0 Å². The van der Waals surface area contributed by atoms with Crippen LogP contribution in [-0.2, 0) is 5.60 Å². The van der Waals surface area contributed by atoms with Gasteiger partial charge in [-0.05, 0) is 60.4 Å². The number of para-hydroxylation sites is 1. The van der Waals surface area contributed by atoms with E-state index in [2.05, 4.69) is 5.10 Å². The monoisotopic (exact) mass is 396 g/mol. The zero-order chi connectivity index (χ0) is 20.8. The van der Waals surface area contributed by atoms with Crippen molar-refractivity contribution in [3.05, 3.63) is 95.2 Å². The third-order valence-corrected chi connectivity index (χ3v) is 5.32. The Hall–Kier alpha value is -3.12.